The first kappa shape index (κ1) is 22.4. The minimum absolute atomic E-state index is 0.0821. The van der Waals surface area contributed by atoms with Gasteiger partial charge in [0.1, 0.15) is 0 Å². The molecule has 0 aliphatic rings. The number of benzene rings is 1. The van der Waals surface area contributed by atoms with Crippen LogP contribution >= 0.6 is 0 Å². The highest BCUT2D eigenvalue weighted by molar-refractivity contribution is 5.69. The van der Waals surface area contributed by atoms with Crippen LogP contribution in [-0.4, -0.2) is 48.6 Å². The molecule has 1 aromatic carbocycles. The maximum Gasteiger partial charge on any atom is 0.305 e. The summed E-state index contributed by atoms with van der Waals surface area (Å²) in [6.45, 7) is 8.02. The van der Waals surface area contributed by atoms with Gasteiger partial charge in [0.25, 0.3) is 0 Å². The van der Waals surface area contributed by atoms with Crippen LogP contribution in [0.4, 0.5) is 5.69 Å². The first-order valence-corrected chi connectivity index (χ1v) is 9.15. The molecule has 0 saturated carbocycles. The van der Waals surface area contributed by atoms with Gasteiger partial charge in [-0.25, -0.2) is 0 Å². The van der Waals surface area contributed by atoms with E-state index in [1.165, 1.54) is 7.11 Å². The maximum atomic E-state index is 11.4. The lowest BCUT2D eigenvalue weighted by molar-refractivity contribution is -0.140. The van der Waals surface area contributed by atoms with E-state index in [2.05, 4.69) is 18.7 Å². The third-order valence-electron chi connectivity index (χ3n) is 4.32. The second kappa shape index (κ2) is 11.2. The first-order valence-electron chi connectivity index (χ1n) is 9.15. The number of hydrogen-bond donors (Lipinski definition) is 2. The van der Waals surface area contributed by atoms with Gasteiger partial charge in [-0.2, -0.15) is 0 Å². The molecule has 0 heterocycles. The molecule has 2 N–H and O–H groups in total. The van der Waals surface area contributed by atoms with Crippen LogP contribution in [0, 0.1) is 0 Å². The molecule has 0 aliphatic carbocycles. The van der Waals surface area contributed by atoms with Gasteiger partial charge in [0.2, 0.25) is 0 Å². The zero-order valence-corrected chi connectivity index (χ0v) is 16.5. The van der Waals surface area contributed by atoms with Gasteiger partial charge in [-0.1, -0.05) is 6.07 Å². The van der Waals surface area contributed by atoms with Gasteiger partial charge >= 0.3 is 5.97 Å². The monoisotopic (exact) mass is 367 g/mol. The highest BCUT2D eigenvalue weighted by Crippen LogP contribution is 2.23. The number of rotatable bonds is 12. The van der Waals surface area contributed by atoms with Crippen molar-refractivity contribution in [3.63, 3.8) is 0 Å². The third kappa shape index (κ3) is 7.72. The van der Waals surface area contributed by atoms with E-state index in [0.717, 1.165) is 29.8 Å². The van der Waals surface area contributed by atoms with Crippen LogP contribution in [-0.2, 0) is 27.5 Å². The molecule has 26 heavy (non-hydrogen) atoms. The molecule has 6 nitrogen and oxygen atoms in total. The first-order chi connectivity index (χ1) is 12.3. The molecule has 0 saturated heterocycles. The van der Waals surface area contributed by atoms with Gasteiger partial charge in [0, 0.05) is 31.8 Å². The van der Waals surface area contributed by atoms with Crippen molar-refractivity contribution in [3.8, 4) is 0 Å². The molecule has 0 radical (unpaired) electrons. The SMILES string of the molecule is CCOC(C)(C)CCN(CCCC(=O)OC)c1cc(CO)cc(CO)c1. The fraction of sp³-hybridized carbons (Fsp3) is 0.650. The van der Waals surface area contributed by atoms with Crippen molar-refractivity contribution in [3.05, 3.63) is 29.3 Å². The Balaban J connectivity index is 2.93. The van der Waals surface area contributed by atoms with Crippen molar-refractivity contribution in [2.75, 3.05) is 31.7 Å². The number of aliphatic hydroxyl groups excluding tert-OH is 2. The van der Waals surface area contributed by atoms with Crippen molar-refractivity contribution < 1.29 is 24.5 Å². The number of nitrogens with zero attached hydrogens (tertiary/aromatic N) is 1. The summed E-state index contributed by atoms with van der Waals surface area (Å²) in [4.78, 5) is 13.6. The van der Waals surface area contributed by atoms with Crippen LogP contribution in [0.25, 0.3) is 0 Å². The predicted octanol–water partition coefficient (Wildman–Crippen LogP) is 2.64. The summed E-state index contributed by atoms with van der Waals surface area (Å²) >= 11 is 0. The van der Waals surface area contributed by atoms with E-state index in [1.807, 2.05) is 19.1 Å². The molecular weight excluding hydrogens is 334 g/mol. The summed E-state index contributed by atoms with van der Waals surface area (Å²) in [7, 11) is 1.39. The number of hydrogen-bond acceptors (Lipinski definition) is 6. The smallest absolute Gasteiger partial charge is 0.305 e. The molecule has 0 aromatic heterocycles. The molecule has 0 bridgehead atoms. The zero-order valence-electron chi connectivity index (χ0n) is 16.5. The lowest BCUT2D eigenvalue weighted by Gasteiger charge is -2.31. The minimum Gasteiger partial charge on any atom is -0.469 e. The molecule has 6 heteroatoms. The zero-order chi connectivity index (χ0) is 19.6. The van der Waals surface area contributed by atoms with E-state index >= 15 is 0 Å². The number of carbonyl (C=O) groups is 1. The summed E-state index contributed by atoms with van der Waals surface area (Å²) in [5, 5.41) is 19.0. The van der Waals surface area contributed by atoms with Gasteiger partial charge < -0.3 is 24.6 Å². The molecule has 0 unspecified atom stereocenters. The Labute approximate surface area is 156 Å². The molecule has 0 amide bonds. The van der Waals surface area contributed by atoms with Crippen molar-refractivity contribution >= 4 is 11.7 Å². The molecule has 0 aliphatic heterocycles. The number of anilines is 1. The standard InChI is InChI=1S/C20H33NO5/c1-5-26-20(2,3)8-10-21(9-6-7-19(24)25-4)18-12-16(14-22)11-17(13-18)15-23/h11-13,22-23H,5-10,14-15H2,1-4H3. The summed E-state index contributed by atoms with van der Waals surface area (Å²) in [5.74, 6) is -0.222. The van der Waals surface area contributed by atoms with E-state index in [-0.39, 0.29) is 24.8 Å². The minimum atomic E-state index is -0.246. The molecule has 1 rings (SSSR count). The number of aliphatic hydroxyl groups is 2. The van der Waals surface area contributed by atoms with Crippen LogP contribution in [0.15, 0.2) is 18.2 Å². The normalized spacial score (nSPS) is 11.5. The van der Waals surface area contributed by atoms with Gasteiger partial charge in [-0.05, 0) is 56.9 Å². The van der Waals surface area contributed by atoms with Crippen LogP contribution < -0.4 is 4.90 Å². The van der Waals surface area contributed by atoms with E-state index in [1.54, 1.807) is 6.07 Å². The predicted molar refractivity (Wildman–Crippen MR) is 102 cm³/mol. The van der Waals surface area contributed by atoms with Crippen molar-refractivity contribution in [1.29, 1.82) is 0 Å². The second-order valence-electron chi connectivity index (χ2n) is 6.93. The van der Waals surface area contributed by atoms with Crippen molar-refractivity contribution in [2.45, 2.75) is 58.8 Å². The highest BCUT2D eigenvalue weighted by atomic mass is 16.5. The van der Waals surface area contributed by atoms with Crippen molar-refractivity contribution in [1.82, 2.24) is 0 Å². The number of methoxy groups -OCH3 is 1. The number of esters is 1. The van der Waals surface area contributed by atoms with E-state index < -0.39 is 0 Å². The van der Waals surface area contributed by atoms with Gasteiger partial charge in [-0.3, -0.25) is 4.79 Å². The topological polar surface area (TPSA) is 79.2 Å². The van der Waals surface area contributed by atoms with Gasteiger partial charge in [-0.15, -0.1) is 0 Å². The molecule has 1 aromatic rings. The molecule has 0 fully saturated rings. The Morgan fingerprint density at radius 3 is 2.23 bits per heavy atom. The summed E-state index contributed by atoms with van der Waals surface area (Å²) in [6.07, 6.45) is 1.84. The second-order valence-corrected chi connectivity index (χ2v) is 6.93. The van der Waals surface area contributed by atoms with Gasteiger partial charge in [0.05, 0.1) is 25.9 Å². The molecule has 0 atom stereocenters. The van der Waals surface area contributed by atoms with E-state index in [0.29, 0.717) is 26.0 Å². The number of ether oxygens (including phenoxy) is 2. The fourth-order valence-corrected chi connectivity index (χ4v) is 2.86. The third-order valence-corrected chi connectivity index (χ3v) is 4.32. The molecule has 0 spiro atoms. The molecule has 148 valence electrons. The van der Waals surface area contributed by atoms with Crippen molar-refractivity contribution in [2.24, 2.45) is 0 Å². The Morgan fingerprint density at radius 1 is 1.12 bits per heavy atom. The van der Waals surface area contributed by atoms with Crippen LogP contribution in [0.2, 0.25) is 0 Å². The lowest BCUT2D eigenvalue weighted by Crippen LogP contribution is -2.34. The highest BCUT2D eigenvalue weighted by Gasteiger charge is 2.20. The van der Waals surface area contributed by atoms with Crippen LogP contribution in [0.3, 0.4) is 0 Å². The molecular formula is C20H33NO5. The lowest BCUT2D eigenvalue weighted by atomic mass is 10.0. The quantitative estimate of drug-likeness (QED) is 0.553. The average molecular weight is 367 g/mol. The Morgan fingerprint density at radius 2 is 1.73 bits per heavy atom. The maximum absolute atomic E-state index is 11.4. The summed E-state index contributed by atoms with van der Waals surface area (Å²) in [5.41, 5.74) is 2.20. The fourth-order valence-electron chi connectivity index (χ4n) is 2.86. The number of carbonyl (C=O) groups excluding carboxylic acids is 1. The Kier molecular flexibility index (Phi) is 9.62. The van der Waals surface area contributed by atoms with E-state index in [4.69, 9.17) is 9.47 Å². The van der Waals surface area contributed by atoms with E-state index in [9.17, 15) is 15.0 Å². The summed E-state index contributed by atoms with van der Waals surface area (Å²) in [6, 6.07) is 5.64. The summed E-state index contributed by atoms with van der Waals surface area (Å²) < 4.78 is 10.5. The van der Waals surface area contributed by atoms with Crippen LogP contribution in [0.1, 0.15) is 51.2 Å². The van der Waals surface area contributed by atoms with Gasteiger partial charge in [0.15, 0.2) is 0 Å². The largest absolute Gasteiger partial charge is 0.469 e. The van der Waals surface area contributed by atoms with Crippen LogP contribution in [0.5, 0.6) is 0 Å². The average Bonchev–Trinajstić information content (AvgIpc) is 2.63. The Bertz CT molecular complexity index is 537. The Hall–Kier alpha value is -1.63.